The molecule has 3 aromatic rings. The van der Waals surface area contributed by atoms with E-state index < -0.39 is 0 Å². The van der Waals surface area contributed by atoms with Crippen LogP contribution in [-0.4, -0.2) is 46.3 Å². The molecule has 0 saturated carbocycles. The van der Waals surface area contributed by atoms with Gasteiger partial charge in [-0.1, -0.05) is 42.5 Å². The summed E-state index contributed by atoms with van der Waals surface area (Å²) >= 11 is 0. The average molecular weight is 391 g/mol. The highest BCUT2D eigenvalue weighted by Gasteiger charge is 2.46. The number of aryl methyl sites for hydroxylation is 1. The molecule has 0 unspecified atom stereocenters. The third-order valence-electron chi connectivity index (χ3n) is 6.51. The molecule has 0 aliphatic carbocycles. The lowest BCUT2D eigenvalue weighted by atomic mass is 9.89. The molecular weight excluding hydrogens is 363 g/mol. The smallest absolute Gasteiger partial charge is 0.123 e. The number of hydrogen-bond donors (Lipinski definition) is 0. The molecule has 5 heteroatoms. The summed E-state index contributed by atoms with van der Waals surface area (Å²) in [6.45, 7) is 4.11. The molecule has 2 fully saturated rings. The third kappa shape index (κ3) is 3.49. The Morgan fingerprint density at radius 2 is 1.83 bits per heavy atom. The van der Waals surface area contributed by atoms with Gasteiger partial charge in [-0.2, -0.15) is 5.10 Å². The maximum atomic E-state index is 13.8. The molecule has 4 nitrogen and oxygen atoms in total. The molecule has 2 aliphatic rings. The van der Waals surface area contributed by atoms with E-state index in [1.807, 2.05) is 23.9 Å². The zero-order valence-electron chi connectivity index (χ0n) is 17.0. The Labute approximate surface area is 171 Å². The quantitative estimate of drug-likeness (QED) is 0.674. The molecule has 0 bridgehead atoms. The van der Waals surface area contributed by atoms with Crippen molar-refractivity contribution in [2.24, 2.45) is 18.9 Å². The van der Waals surface area contributed by atoms with Gasteiger partial charge >= 0.3 is 0 Å². The average Bonchev–Trinajstić information content (AvgIpc) is 3.34. The first-order chi connectivity index (χ1) is 14.1. The minimum atomic E-state index is -0.142. The second kappa shape index (κ2) is 7.39. The summed E-state index contributed by atoms with van der Waals surface area (Å²) in [4.78, 5) is 4.96. The van der Waals surface area contributed by atoms with Crippen LogP contribution < -0.4 is 0 Å². The number of hydrogen-bond acceptors (Lipinski definition) is 3. The second-order valence-electron chi connectivity index (χ2n) is 8.60. The molecule has 150 valence electrons. The van der Waals surface area contributed by atoms with Gasteiger partial charge in [-0.25, -0.2) is 4.39 Å². The standard InChI is InChI=1S/C24H27FN4/c1-27-12-19-14-29(16-22(19)24(27)18-9-6-10-21(25)11-18)15-20-13-28(2)26-23(20)17-7-4-3-5-8-17/h3-11,13,19,22,24H,12,14-16H2,1-2H3/t19-,22+,24-/m0/s1. The van der Waals surface area contributed by atoms with E-state index in [4.69, 9.17) is 5.10 Å². The minimum absolute atomic E-state index is 0.142. The molecule has 2 aromatic carbocycles. The Hall–Kier alpha value is -2.50. The maximum Gasteiger partial charge on any atom is 0.123 e. The molecule has 3 heterocycles. The van der Waals surface area contributed by atoms with E-state index >= 15 is 0 Å². The number of fused-ring (bicyclic) bond motifs is 1. The number of halogens is 1. The zero-order chi connectivity index (χ0) is 20.0. The fraction of sp³-hybridized carbons (Fsp3) is 0.375. The fourth-order valence-corrected chi connectivity index (χ4v) is 5.40. The molecular formula is C24H27FN4. The van der Waals surface area contributed by atoms with Gasteiger partial charge in [-0.3, -0.25) is 14.5 Å². The Morgan fingerprint density at radius 3 is 2.62 bits per heavy atom. The SMILES string of the molecule is CN1C[C@H]2CN(Cc3cn(C)nc3-c3ccccc3)C[C@H]2[C@@H]1c1cccc(F)c1. The first kappa shape index (κ1) is 18.5. The number of rotatable bonds is 4. The lowest BCUT2D eigenvalue weighted by molar-refractivity contribution is 0.224. The molecule has 2 saturated heterocycles. The van der Waals surface area contributed by atoms with E-state index in [9.17, 15) is 4.39 Å². The number of likely N-dealkylation sites (tertiary alicyclic amines) is 2. The van der Waals surface area contributed by atoms with Crippen LogP contribution >= 0.6 is 0 Å². The Morgan fingerprint density at radius 1 is 1.00 bits per heavy atom. The van der Waals surface area contributed by atoms with Gasteiger partial charge in [0.2, 0.25) is 0 Å². The van der Waals surface area contributed by atoms with Gasteiger partial charge < -0.3 is 0 Å². The van der Waals surface area contributed by atoms with E-state index in [-0.39, 0.29) is 5.82 Å². The van der Waals surface area contributed by atoms with Crippen LogP contribution in [0.1, 0.15) is 17.2 Å². The van der Waals surface area contributed by atoms with Crippen LogP contribution in [0.15, 0.2) is 60.8 Å². The van der Waals surface area contributed by atoms with Gasteiger partial charge in [0.15, 0.2) is 0 Å². The van der Waals surface area contributed by atoms with Crippen molar-refractivity contribution in [3.05, 3.63) is 77.7 Å². The summed E-state index contributed by atoms with van der Waals surface area (Å²) in [5, 5.41) is 4.72. The van der Waals surface area contributed by atoms with E-state index in [1.165, 1.54) is 17.2 Å². The van der Waals surface area contributed by atoms with E-state index in [1.54, 1.807) is 6.07 Å². The van der Waals surface area contributed by atoms with Crippen molar-refractivity contribution in [1.82, 2.24) is 19.6 Å². The maximum absolute atomic E-state index is 13.8. The lowest BCUT2D eigenvalue weighted by Gasteiger charge is -2.27. The van der Waals surface area contributed by atoms with Crippen LogP contribution in [0.5, 0.6) is 0 Å². The molecule has 1 aromatic heterocycles. The molecule has 5 rings (SSSR count). The van der Waals surface area contributed by atoms with Gasteiger partial charge in [-0.05, 0) is 36.6 Å². The Bertz CT molecular complexity index is 999. The van der Waals surface area contributed by atoms with Crippen molar-refractivity contribution in [3.8, 4) is 11.3 Å². The first-order valence-electron chi connectivity index (χ1n) is 10.3. The van der Waals surface area contributed by atoms with Crippen molar-refractivity contribution < 1.29 is 4.39 Å². The van der Waals surface area contributed by atoms with Crippen LogP contribution in [0.4, 0.5) is 4.39 Å². The van der Waals surface area contributed by atoms with Crippen molar-refractivity contribution in [2.45, 2.75) is 12.6 Å². The normalized spacial score (nSPS) is 24.9. The molecule has 29 heavy (non-hydrogen) atoms. The van der Waals surface area contributed by atoms with E-state index in [0.29, 0.717) is 17.9 Å². The Kier molecular flexibility index (Phi) is 4.72. The number of benzene rings is 2. The predicted octanol–water partition coefficient (Wildman–Crippen LogP) is 3.96. The summed E-state index contributed by atoms with van der Waals surface area (Å²) in [5.41, 5.74) is 4.62. The highest BCUT2D eigenvalue weighted by molar-refractivity contribution is 5.62. The van der Waals surface area contributed by atoms with E-state index in [2.05, 4.69) is 53.4 Å². The van der Waals surface area contributed by atoms with Crippen molar-refractivity contribution in [2.75, 3.05) is 26.7 Å². The number of nitrogens with zero attached hydrogens (tertiary/aromatic N) is 4. The summed E-state index contributed by atoms with van der Waals surface area (Å²) in [6, 6.07) is 17.9. The summed E-state index contributed by atoms with van der Waals surface area (Å²) in [6.07, 6.45) is 2.15. The summed E-state index contributed by atoms with van der Waals surface area (Å²) in [5.74, 6) is 1.03. The first-order valence-corrected chi connectivity index (χ1v) is 10.3. The van der Waals surface area contributed by atoms with Gasteiger partial charge in [-0.15, -0.1) is 0 Å². The molecule has 3 atom stereocenters. The predicted molar refractivity (Wildman–Crippen MR) is 113 cm³/mol. The highest BCUT2D eigenvalue weighted by Crippen LogP contribution is 2.44. The van der Waals surface area contributed by atoms with Gasteiger partial charge in [0, 0.05) is 56.6 Å². The van der Waals surface area contributed by atoms with Gasteiger partial charge in [0.1, 0.15) is 5.82 Å². The zero-order valence-corrected chi connectivity index (χ0v) is 17.0. The highest BCUT2D eigenvalue weighted by atomic mass is 19.1. The van der Waals surface area contributed by atoms with Crippen LogP contribution in [0.2, 0.25) is 0 Å². The van der Waals surface area contributed by atoms with Crippen molar-refractivity contribution in [1.29, 1.82) is 0 Å². The molecule has 0 radical (unpaired) electrons. The van der Waals surface area contributed by atoms with Crippen LogP contribution in [0.25, 0.3) is 11.3 Å². The van der Waals surface area contributed by atoms with Crippen molar-refractivity contribution >= 4 is 0 Å². The van der Waals surface area contributed by atoms with Crippen molar-refractivity contribution in [3.63, 3.8) is 0 Å². The largest absolute Gasteiger partial charge is 0.299 e. The van der Waals surface area contributed by atoms with Crippen LogP contribution in [0, 0.1) is 17.7 Å². The van der Waals surface area contributed by atoms with Gasteiger partial charge in [0.25, 0.3) is 0 Å². The minimum Gasteiger partial charge on any atom is -0.299 e. The molecule has 0 N–H and O–H groups in total. The second-order valence-corrected chi connectivity index (χ2v) is 8.60. The van der Waals surface area contributed by atoms with E-state index in [0.717, 1.165) is 37.4 Å². The van der Waals surface area contributed by atoms with Gasteiger partial charge in [0.05, 0.1) is 5.69 Å². The summed E-state index contributed by atoms with van der Waals surface area (Å²) in [7, 11) is 4.16. The topological polar surface area (TPSA) is 24.3 Å². The Balaban J connectivity index is 1.36. The molecule has 0 amide bonds. The lowest BCUT2D eigenvalue weighted by Crippen LogP contribution is -2.29. The van der Waals surface area contributed by atoms with Crippen LogP contribution in [-0.2, 0) is 13.6 Å². The monoisotopic (exact) mass is 390 g/mol. The van der Waals surface area contributed by atoms with Crippen LogP contribution in [0.3, 0.4) is 0 Å². The molecule has 0 spiro atoms. The fourth-order valence-electron chi connectivity index (χ4n) is 5.40. The molecule has 2 aliphatic heterocycles. The summed E-state index contributed by atoms with van der Waals surface area (Å²) < 4.78 is 15.7. The third-order valence-corrected chi connectivity index (χ3v) is 6.51. The number of aromatic nitrogens is 2.